The van der Waals surface area contributed by atoms with Crippen molar-refractivity contribution < 1.29 is 9.13 Å². The van der Waals surface area contributed by atoms with Crippen LogP contribution in [0.25, 0.3) is 33.2 Å². The van der Waals surface area contributed by atoms with E-state index in [1.54, 1.807) is 12.4 Å². The number of ether oxygens (including phenoxy) is 1. The second kappa shape index (κ2) is 8.55. The Morgan fingerprint density at radius 2 is 1.97 bits per heavy atom. The largest absolute Gasteiger partial charge is 0.473 e. The minimum Gasteiger partial charge on any atom is -0.473 e. The number of rotatable bonds is 6. The zero-order chi connectivity index (χ0) is 23.0. The van der Waals surface area contributed by atoms with E-state index < -0.39 is 5.67 Å². The van der Waals surface area contributed by atoms with Crippen LogP contribution in [-0.2, 0) is 0 Å². The number of piperidine rings is 1. The second-order valence-corrected chi connectivity index (χ2v) is 9.26. The molecule has 1 aliphatic heterocycles. The highest BCUT2D eigenvalue weighted by molar-refractivity contribution is 5.95. The molecule has 0 bridgehead atoms. The molecule has 0 spiro atoms. The molecule has 1 saturated heterocycles. The quantitative estimate of drug-likeness (QED) is 0.456. The number of H-pyrrole nitrogens is 1. The summed E-state index contributed by atoms with van der Waals surface area (Å²) in [5.41, 5.74) is 2.87. The predicted molar refractivity (Wildman–Crippen MR) is 127 cm³/mol. The van der Waals surface area contributed by atoms with E-state index in [4.69, 9.17) is 9.72 Å². The van der Waals surface area contributed by atoms with E-state index in [1.807, 2.05) is 24.4 Å². The van der Waals surface area contributed by atoms with E-state index in [2.05, 4.69) is 37.2 Å². The van der Waals surface area contributed by atoms with Gasteiger partial charge in [-0.15, -0.1) is 0 Å². The summed E-state index contributed by atoms with van der Waals surface area (Å²) in [6, 6.07) is 5.97. The van der Waals surface area contributed by atoms with E-state index in [-0.39, 0.29) is 12.6 Å². The monoisotopic (exact) mass is 449 g/mol. The van der Waals surface area contributed by atoms with E-state index >= 15 is 0 Å². The summed E-state index contributed by atoms with van der Waals surface area (Å²) in [6.07, 6.45) is 7.50. The number of benzene rings is 1. The van der Waals surface area contributed by atoms with Gasteiger partial charge in [-0.2, -0.15) is 4.98 Å². The Bertz CT molecular complexity index is 1280. The molecule has 8 nitrogen and oxygen atoms in total. The molecule has 1 fully saturated rings. The Labute approximate surface area is 191 Å². The lowest BCUT2D eigenvalue weighted by Crippen LogP contribution is -2.35. The predicted octanol–water partition coefficient (Wildman–Crippen LogP) is 4.20. The van der Waals surface area contributed by atoms with Gasteiger partial charge >= 0.3 is 0 Å². The zero-order valence-corrected chi connectivity index (χ0v) is 19.1. The SMILES string of the molecule is CN1CCC(Oc2cnc3ccc(-c4c[nH]c5nc(NCC(C)(C)F)ncc45)cc3n2)CC1. The standard InChI is InChI=1S/C24H28FN7O/c1-24(2,25)14-29-23-28-12-18-17(11-27-22(18)31-23)15-4-5-19-20(10-15)30-21(13-26-19)33-16-6-8-32(3)9-7-16/h4-5,10-13,16H,6-9,14H2,1-3H3,(H2,27,28,29,31). The normalized spacial score (nSPS) is 15.9. The van der Waals surface area contributed by atoms with Gasteiger partial charge in [-0.3, -0.25) is 0 Å². The van der Waals surface area contributed by atoms with Crippen LogP contribution in [-0.4, -0.2) is 68.3 Å². The number of nitrogens with one attached hydrogen (secondary N) is 2. The molecule has 5 rings (SSSR count). The van der Waals surface area contributed by atoms with Crippen molar-refractivity contribution in [3.05, 3.63) is 36.8 Å². The smallest absolute Gasteiger partial charge is 0.233 e. The number of anilines is 1. The van der Waals surface area contributed by atoms with Crippen LogP contribution in [0.1, 0.15) is 26.7 Å². The van der Waals surface area contributed by atoms with E-state index in [0.29, 0.717) is 17.5 Å². The average molecular weight is 450 g/mol. The molecule has 0 amide bonds. The maximum atomic E-state index is 13.8. The number of nitrogens with zero attached hydrogens (tertiary/aromatic N) is 5. The van der Waals surface area contributed by atoms with Crippen molar-refractivity contribution in [2.75, 3.05) is 32.0 Å². The van der Waals surface area contributed by atoms with Crippen molar-refractivity contribution >= 4 is 28.0 Å². The fourth-order valence-corrected chi connectivity index (χ4v) is 4.01. The second-order valence-electron chi connectivity index (χ2n) is 9.26. The van der Waals surface area contributed by atoms with Crippen molar-refractivity contribution in [1.82, 2.24) is 29.8 Å². The van der Waals surface area contributed by atoms with Gasteiger partial charge in [0.1, 0.15) is 17.4 Å². The molecule has 1 aromatic carbocycles. The van der Waals surface area contributed by atoms with Crippen LogP contribution in [0, 0.1) is 0 Å². The van der Waals surface area contributed by atoms with Gasteiger partial charge < -0.3 is 19.9 Å². The third kappa shape index (κ3) is 4.88. The van der Waals surface area contributed by atoms with Gasteiger partial charge in [0.05, 0.1) is 23.8 Å². The van der Waals surface area contributed by atoms with Crippen LogP contribution in [0.4, 0.5) is 10.3 Å². The minimum absolute atomic E-state index is 0.136. The van der Waals surface area contributed by atoms with Crippen molar-refractivity contribution in [2.45, 2.75) is 38.5 Å². The molecule has 0 saturated carbocycles. The number of aromatic amines is 1. The number of hydrogen-bond acceptors (Lipinski definition) is 7. The summed E-state index contributed by atoms with van der Waals surface area (Å²) >= 11 is 0. The molecule has 3 aromatic heterocycles. The topological polar surface area (TPSA) is 91.8 Å². The molecule has 0 aliphatic carbocycles. The first kappa shape index (κ1) is 21.5. The van der Waals surface area contributed by atoms with Crippen LogP contribution < -0.4 is 10.1 Å². The number of fused-ring (bicyclic) bond motifs is 2. The zero-order valence-electron chi connectivity index (χ0n) is 19.1. The Morgan fingerprint density at radius 1 is 1.15 bits per heavy atom. The lowest BCUT2D eigenvalue weighted by molar-refractivity contribution is 0.110. The third-order valence-electron chi connectivity index (χ3n) is 5.88. The van der Waals surface area contributed by atoms with E-state index in [1.165, 1.54) is 13.8 Å². The molecule has 172 valence electrons. The van der Waals surface area contributed by atoms with Crippen LogP contribution in [0.3, 0.4) is 0 Å². The number of halogens is 1. The highest BCUT2D eigenvalue weighted by atomic mass is 19.1. The van der Waals surface area contributed by atoms with Crippen molar-refractivity contribution in [3.8, 4) is 17.0 Å². The molecule has 4 heterocycles. The lowest BCUT2D eigenvalue weighted by atomic mass is 10.1. The van der Waals surface area contributed by atoms with Gasteiger partial charge in [-0.25, -0.2) is 19.3 Å². The van der Waals surface area contributed by atoms with Gasteiger partial charge in [0, 0.05) is 36.4 Å². The molecule has 9 heteroatoms. The van der Waals surface area contributed by atoms with Crippen LogP contribution in [0.5, 0.6) is 5.88 Å². The third-order valence-corrected chi connectivity index (χ3v) is 5.88. The molecular formula is C24H28FN7O. The molecule has 0 radical (unpaired) electrons. The summed E-state index contributed by atoms with van der Waals surface area (Å²) < 4.78 is 19.9. The molecule has 0 unspecified atom stereocenters. The van der Waals surface area contributed by atoms with Crippen molar-refractivity contribution in [1.29, 1.82) is 0 Å². The summed E-state index contributed by atoms with van der Waals surface area (Å²) in [5, 5.41) is 3.82. The van der Waals surface area contributed by atoms with Crippen molar-refractivity contribution in [2.24, 2.45) is 0 Å². The maximum absolute atomic E-state index is 13.8. The molecule has 2 N–H and O–H groups in total. The summed E-state index contributed by atoms with van der Waals surface area (Å²) in [6.45, 7) is 5.22. The first-order valence-electron chi connectivity index (χ1n) is 11.2. The van der Waals surface area contributed by atoms with Gasteiger partial charge in [0.15, 0.2) is 0 Å². The van der Waals surface area contributed by atoms with Gasteiger partial charge in [-0.05, 0) is 51.4 Å². The first-order valence-corrected chi connectivity index (χ1v) is 11.2. The Morgan fingerprint density at radius 3 is 2.76 bits per heavy atom. The minimum atomic E-state index is -1.35. The number of alkyl halides is 1. The van der Waals surface area contributed by atoms with Gasteiger partial charge in [0.25, 0.3) is 0 Å². The number of aromatic nitrogens is 5. The van der Waals surface area contributed by atoms with Crippen LogP contribution >= 0.6 is 0 Å². The fraction of sp³-hybridized carbons (Fsp3) is 0.417. The molecule has 4 aromatic rings. The van der Waals surface area contributed by atoms with Crippen LogP contribution in [0.2, 0.25) is 0 Å². The van der Waals surface area contributed by atoms with Gasteiger partial charge in [-0.1, -0.05) is 6.07 Å². The lowest BCUT2D eigenvalue weighted by Gasteiger charge is -2.28. The maximum Gasteiger partial charge on any atom is 0.233 e. The molecule has 1 aliphatic rings. The highest BCUT2D eigenvalue weighted by Gasteiger charge is 2.19. The highest BCUT2D eigenvalue weighted by Crippen LogP contribution is 2.30. The molecule has 0 atom stereocenters. The molecular weight excluding hydrogens is 421 g/mol. The first-order chi connectivity index (χ1) is 15.8. The van der Waals surface area contributed by atoms with E-state index in [9.17, 15) is 4.39 Å². The number of hydrogen-bond donors (Lipinski definition) is 2. The van der Waals surface area contributed by atoms with E-state index in [0.717, 1.165) is 53.5 Å². The Balaban J connectivity index is 1.39. The fourth-order valence-electron chi connectivity index (χ4n) is 4.01. The van der Waals surface area contributed by atoms with Gasteiger partial charge in [0.2, 0.25) is 11.8 Å². The van der Waals surface area contributed by atoms with Crippen LogP contribution in [0.15, 0.2) is 36.8 Å². The average Bonchev–Trinajstić information content (AvgIpc) is 3.21. The van der Waals surface area contributed by atoms with Crippen molar-refractivity contribution in [3.63, 3.8) is 0 Å². The molecule has 33 heavy (non-hydrogen) atoms. The summed E-state index contributed by atoms with van der Waals surface area (Å²) in [4.78, 5) is 23.6. The Kier molecular flexibility index (Phi) is 5.57. The Hall–Kier alpha value is -3.33. The number of likely N-dealkylation sites (tertiary alicyclic amines) is 1. The summed E-state index contributed by atoms with van der Waals surface area (Å²) in [7, 11) is 2.13. The summed E-state index contributed by atoms with van der Waals surface area (Å²) in [5.74, 6) is 0.949.